The summed E-state index contributed by atoms with van der Waals surface area (Å²) >= 11 is 0. The number of benzene rings is 1. The molecule has 0 heterocycles. The first-order chi connectivity index (χ1) is 8.41. The van der Waals surface area contributed by atoms with Crippen molar-refractivity contribution >= 4 is 5.91 Å². The molecule has 0 aliphatic carbocycles. The molecule has 0 radical (unpaired) electrons. The molecule has 1 unspecified atom stereocenters. The fourth-order valence-corrected chi connectivity index (χ4v) is 1.76. The van der Waals surface area contributed by atoms with E-state index in [1.54, 1.807) is 19.1 Å². The summed E-state index contributed by atoms with van der Waals surface area (Å²) < 4.78 is 13.7. The first-order valence-electron chi connectivity index (χ1n) is 6.13. The molecule has 4 heteroatoms. The third kappa shape index (κ3) is 4.11. The molecule has 0 saturated carbocycles. The van der Waals surface area contributed by atoms with Crippen molar-refractivity contribution in [3.05, 3.63) is 35.1 Å². The molecule has 1 amide bonds. The van der Waals surface area contributed by atoms with Gasteiger partial charge in [0, 0.05) is 6.54 Å². The summed E-state index contributed by atoms with van der Waals surface area (Å²) in [6, 6.07) is 4.68. The van der Waals surface area contributed by atoms with Crippen LogP contribution in [0.4, 0.5) is 4.39 Å². The highest BCUT2D eigenvalue weighted by Gasteiger charge is 2.14. The van der Waals surface area contributed by atoms with Gasteiger partial charge in [0.05, 0.1) is 11.7 Å². The van der Waals surface area contributed by atoms with Crippen molar-refractivity contribution in [1.82, 2.24) is 5.32 Å². The summed E-state index contributed by atoms with van der Waals surface area (Å²) in [5.41, 5.74) is 0.456. The average Bonchev–Trinajstić information content (AvgIpc) is 2.29. The molecule has 1 rings (SSSR count). The number of halogens is 1. The number of carbonyl (C=O) groups excluding carboxylic acids is 1. The Morgan fingerprint density at radius 2 is 2.11 bits per heavy atom. The van der Waals surface area contributed by atoms with Crippen molar-refractivity contribution in [3.63, 3.8) is 0 Å². The predicted octanol–water partition coefficient (Wildman–Crippen LogP) is 2.27. The minimum absolute atomic E-state index is 0.0201. The molecule has 1 aromatic rings. The molecule has 0 aliphatic rings. The highest BCUT2D eigenvalue weighted by atomic mass is 19.1. The normalized spacial score (nSPS) is 12.6. The lowest BCUT2D eigenvalue weighted by molar-refractivity contribution is 0.0896. The number of nitrogens with one attached hydrogen (secondary N) is 1. The van der Waals surface area contributed by atoms with Crippen LogP contribution < -0.4 is 5.32 Å². The zero-order chi connectivity index (χ0) is 13.7. The smallest absolute Gasteiger partial charge is 0.254 e. The minimum atomic E-state index is -0.596. The van der Waals surface area contributed by atoms with Crippen LogP contribution in [0.5, 0.6) is 0 Å². The van der Waals surface area contributed by atoms with Crippen LogP contribution in [0, 0.1) is 18.7 Å². The Balaban J connectivity index is 2.58. The molecule has 1 atom stereocenters. The largest absolute Gasteiger partial charge is 0.391 e. The van der Waals surface area contributed by atoms with Crippen LogP contribution in [0.15, 0.2) is 18.2 Å². The van der Waals surface area contributed by atoms with E-state index in [1.165, 1.54) is 6.07 Å². The van der Waals surface area contributed by atoms with Gasteiger partial charge in [-0.15, -0.1) is 0 Å². The number of hydrogen-bond donors (Lipinski definition) is 2. The molecule has 0 aliphatic heterocycles. The van der Waals surface area contributed by atoms with Crippen molar-refractivity contribution in [2.75, 3.05) is 6.54 Å². The number of carbonyl (C=O) groups is 1. The highest BCUT2D eigenvalue weighted by molar-refractivity contribution is 5.94. The second-order valence-electron chi connectivity index (χ2n) is 4.93. The number of rotatable bonds is 5. The Hall–Kier alpha value is -1.42. The lowest BCUT2D eigenvalue weighted by Crippen LogP contribution is -2.33. The van der Waals surface area contributed by atoms with Gasteiger partial charge in [-0.2, -0.15) is 0 Å². The van der Waals surface area contributed by atoms with E-state index in [-0.39, 0.29) is 12.1 Å². The molecule has 0 saturated heterocycles. The van der Waals surface area contributed by atoms with Gasteiger partial charge in [-0.3, -0.25) is 4.79 Å². The SMILES string of the molecule is Cc1cccc(C(=O)NCC(O)CC(C)C)c1F. The van der Waals surface area contributed by atoms with E-state index in [0.29, 0.717) is 17.9 Å². The highest BCUT2D eigenvalue weighted by Crippen LogP contribution is 2.11. The van der Waals surface area contributed by atoms with E-state index in [1.807, 2.05) is 13.8 Å². The zero-order valence-corrected chi connectivity index (χ0v) is 11.0. The Labute approximate surface area is 107 Å². The van der Waals surface area contributed by atoms with Crippen LogP contribution in [-0.2, 0) is 0 Å². The van der Waals surface area contributed by atoms with Gasteiger partial charge in [0.1, 0.15) is 5.82 Å². The average molecular weight is 253 g/mol. The number of amides is 1. The van der Waals surface area contributed by atoms with Gasteiger partial charge in [-0.1, -0.05) is 26.0 Å². The summed E-state index contributed by atoms with van der Waals surface area (Å²) in [4.78, 5) is 11.7. The van der Waals surface area contributed by atoms with Crippen molar-refractivity contribution < 1.29 is 14.3 Å². The van der Waals surface area contributed by atoms with Crippen molar-refractivity contribution in [1.29, 1.82) is 0 Å². The second kappa shape index (κ2) is 6.50. The number of aryl methyl sites for hydroxylation is 1. The quantitative estimate of drug-likeness (QED) is 0.845. The van der Waals surface area contributed by atoms with Gasteiger partial charge in [0.15, 0.2) is 0 Å². The molecule has 0 bridgehead atoms. The van der Waals surface area contributed by atoms with Gasteiger partial charge in [-0.05, 0) is 30.9 Å². The van der Waals surface area contributed by atoms with Crippen LogP contribution in [0.2, 0.25) is 0 Å². The fourth-order valence-electron chi connectivity index (χ4n) is 1.76. The van der Waals surface area contributed by atoms with Crippen LogP contribution >= 0.6 is 0 Å². The molecule has 0 fully saturated rings. The third-order valence-electron chi connectivity index (χ3n) is 2.68. The first-order valence-corrected chi connectivity index (χ1v) is 6.13. The molecule has 18 heavy (non-hydrogen) atoms. The van der Waals surface area contributed by atoms with Gasteiger partial charge in [-0.25, -0.2) is 4.39 Å². The summed E-state index contributed by atoms with van der Waals surface area (Å²) in [6.45, 7) is 5.74. The van der Waals surface area contributed by atoms with Gasteiger partial charge in [0.2, 0.25) is 0 Å². The molecular formula is C14H20FNO2. The summed E-state index contributed by atoms with van der Waals surface area (Å²) in [7, 11) is 0. The molecule has 0 aromatic heterocycles. The third-order valence-corrected chi connectivity index (χ3v) is 2.68. The van der Waals surface area contributed by atoms with Crippen molar-refractivity contribution in [2.24, 2.45) is 5.92 Å². The van der Waals surface area contributed by atoms with Crippen LogP contribution in [0.25, 0.3) is 0 Å². The Morgan fingerprint density at radius 3 is 2.72 bits per heavy atom. The van der Waals surface area contributed by atoms with Crippen molar-refractivity contribution in [3.8, 4) is 0 Å². The first kappa shape index (κ1) is 14.6. The molecule has 3 nitrogen and oxygen atoms in total. The van der Waals surface area contributed by atoms with E-state index in [9.17, 15) is 14.3 Å². The molecule has 2 N–H and O–H groups in total. The van der Waals surface area contributed by atoms with Crippen molar-refractivity contribution in [2.45, 2.75) is 33.3 Å². The summed E-state index contributed by atoms with van der Waals surface area (Å²) in [6.07, 6.45) is 0.0122. The Kier molecular flexibility index (Phi) is 5.28. The maximum atomic E-state index is 13.7. The van der Waals surface area contributed by atoms with Crippen LogP contribution in [0.3, 0.4) is 0 Å². The van der Waals surface area contributed by atoms with E-state index in [0.717, 1.165) is 0 Å². The maximum Gasteiger partial charge on any atom is 0.254 e. The van der Waals surface area contributed by atoms with E-state index < -0.39 is 17.8 Å². The summed E-state index contributed by atoms with van der Waals surface area (Å²) in [5, 5.41) is 12.2. The molecule has 100 valence electrons. The van der Waals surface area contributed by atoms with Gasteiger partial charge >= 0.3 is 0 Å². The van der Waals surface area contributed by atoms with Crippen LogP contribution in [0.1, 0.15) is 36.2 Å². The van der Waals surface area contributed by atoms with Gasteiger partial charge in [0.25, 0.3) is 5.91 Å². The molecule has 0 spiro atoms. The predicted molar refractivity (Wildman–Crippen MR) is 68.9 cm³/mol. The van der Waals surface area contributed by atoms with Crippen LogP contribution in [-0.4, -0.2) is 23.7 Å². The Bertz CT molecular complexity index is 418. The molecular weight excluding hydrogens is 233 g/mol. The number of aliphatic hydroxyl groups is 1. The topological polar surface area (TPSA) is 49.3 Å². The lowest BCUT2D eigenvalue weighted by atomic mass is 10.1. The van der Waals surface area contributed by atoms with Gasteiger partial charge < -0.3 is 10.4 Å². The Morgan fingerprint density at radius 1 is 1.44 bits per heavy atom. The minimum Gasteiger partial charge on any atom is -0.391 e. The fraction of sp³-hybridized carbons (Fsp3) is 0.500. The number of aliphatic hydroxyl groups excluding tert-OH is 1. The second-order valence-corrected chi connectivity index (χ2v) is 4.93. The summed E-state index contributed by atoms with van der Waals surface area (Å²) in [5.74, 6) is -0.639. The maximum absolute atomic E-state index is 13.7. The number of hydrogen-bond acceptors (Lipinski definition) is 2. The zero-order valence-electron chi connectivity index (χ0n) is 11.0. The lowest BCUT2D eigenvalue weighted by Gasteiger charge is -2.14. The van der Waals surface area contributed by atoms with E-state index in [2.05, 4.69) is 5.32 Å². The van der Waals surface area contributed by atoms with E-state index >= 15 is 0 Å². The molecule has 1 aromatic carbocycles. The standard InChI is InChI=1S/C14H20FNO2/c1-9(2)7-11(17)8-16-14(18)12-6-4-5-10(3)13(12)15/h4-6,9,11,17H,7-8H2,1-3H3,(H,16,18). The van der Waals surface area contributed by atoms with E-state index in [4.69, 9.17) is 0 Å². The monoisotopic (exact) mass is 253 g/mol.